The van der Waals surface area contributed by atoms with Gasteiger partial charge in [-0.05, 0) is 24.1 Å². The Bertz CT molecular complexity index is 1500. The second-order valence-corrected chi connectivity index (χ2v) is 10.2. The first-order valence-electron chi connectivity index (χ1n) is 11.5. The number of nitrogens with two attached hydrogens (primary N) is 2. The maximum absolute atomic E-state index is 14.3. The first kappa shape index (κ1) is 34.2. The Morgan fingerprint density at radius 3 is 2.05 bits per heavy atom. The van der Waals surface area contributed by atoms with Gasteiger partial charge < -0.3 is 31.2 Å². The number of halogens is 6. The molecule has 0 radical (unpaired) electrons. The molecule has 10 nitrogen and oxygen atoms in total. The van der Waals surface area contributed by atoms with Gasteiger partial charge in [0.2, 0.25) is 5.91 Å². The molecule has 3 rings (SSSR count). The van der Waals surface area contributed by atoms with Crippen molar-refractivity contribution in [1.82, 2.24) is 0 Å². The summed E-state index contributed by atoms with van der Waals surface area (Å²) in [5, 5.41) is 17.2. The molecule has 42 heavy (non-hydrogen) atoms. The van der Waals surface area contributed by atoms with Gasteiger partial charge in [-0.15, -0.1) is 11.3 Å². The van der Waals surface area contributed by atoms with Crippen LogP contribution in [0.3, 0.4) is 0 Å². The minimum atomic E-state index is -5.08. The smallest absolute Gasteiger partial charge is 0.483 e. The lowest BCUT2D eigenvalue weighted by atomic mass is 10.1. The molecule has 1 aromatic heterocycles. The molecular weight excluding hydrogens is 619 g/mol. The van der Waals surface area contributed by atoms with E-state index in [2.05, 4.69) is 0 Å². The molecule has 3 aromatic rings. The van der Waals surface area contributed by atoms with E-state index in [1.54, 1.807) is 26.0 Å². The molecule has 0 spiro atoms. The van der Waals surface area contributed by atoms with Gasteiger partial charge in [0.25, 0.3) is 0 Å². The molecule has 0 aliphatic heterocycles. The van der Waals surface area contributed by atoms with Crippen molar-refractivity contribution in [2.24, 2.45) is 17.4 Å². The maximum atomic E-state index is 14.3. The van der Waals surface area contributed by atoms with Gasteiger partial charge in [0.05, 0.1) is 5.02 Å². The number of amides is 1. The minimum Gasteiger partial charge on any atom is -0.483 e. The fraction of sp³-hybridized carbons (Fsp3) is 0.280. The Labute approximate surface area is 242 Å². The molecule has 0 aliphatic rings. The zero-order valence-electron chi connectivity index (χ0n) is 21.6. The molecule has 228 valence electrons. The topological polar surface area (TPSA) is 179 Å². The summed E-state index contributed by atoms with van der Waals surface area (Å²) in [6.07, 6.45) is -5.08. The number of primary amides is 1. The number of rotatable bonds is 9. The van der Waals surface area contributed by atoms with Crippen molar-refractivity contribution >= 4 is 56.8 Å². The quantitative estimate of drug-likeness (QED) is 0.187. The van der Waals surface area contributed by atoms with Crippen molar-refractivity contribution < 1.29 is 60.8 Å². The summed E-state index contributed by atoms with van der Waals surface area (Å²) in [7, 11) is 0. The number of carbonyl (C=O) groups excluding carboxylic acids is 2. The van der Waals surface area contributed by atoms with E-state index in [0.717, 1.165) is 11.3 Å². The van der Waals surface area contributed by atoms with Crippen molar-refractivity contribution in [2.75, 3.05) is 0 Å². The number of aliphatic carboxylic acids is 1. The third kappa shape index (κ3) is 8.27. The molecule has 0 saturated carbocycles. The van der Waals surface area contributed by atoms with Gasteiger partial charge in [-0.1, -0.05) is 31.5 Å². The molecule has 6 N–H and O–H groups in total. The van der Waals surface area contributed by atoms with Crippen LogP contribution < -0.4 is 16.2 Å². The lowest BCUT2D eigenvalue weighted by Gasteiger charge is -2.15. The molecule has 0 unspecified atom stereocenters. The van der Waals surface area contributed by atoms with E-state index in [1.165, 1.54) is 0 Å². The summed E-state index contributed by atoms with van der Waals surface area (Å²) in [6.45, 7) is 2.77. The third-order valence-electron chi connectivity index (χ3n) is 5.41. The number of thiophene rings is 1. The second-order valence-electron chi connectivity index (χ2n) is 8.73. The number of hydrogen-bond donors (Lipinski definition) is 4. The number of alkyl halides is 3. The Morgan fingerprint density at radius 1 is 1.05 bits per heavy atom. The first-order valence-corrected chi connectivity index (χ1v) is 12.7. The predicted octanol–water partition coefficient (Wildman–Crippen LogP) is 4.87. The average molecular weight is 641 g/mol. The highest BCUT2D eigenvalue weighted by Crippen LogP contribution is 2.39. The highest BCUT2D eigenvalue weighted by atomic mass is 35.5. The molecule has 17 heteroatoms. The molecule has 1 atom stereocenters. The average Bonchev–Trinajstić information content (AvgIpc) is 3.26. The number of hydrogen-bond acceptors (Lipinski definition) is 8. The number of esters is 1. The van der Waals surface area contributed by atoms with Crippen molar-refractivity contribution in [2.45, 2.75) is 39.3 Å². The van der Waals surface area contributed by atoms with Gasteiger partial charge in [0.15, 0.2) is 17.4 Å². The van der Waals surface area contributed by atoms with Crippen LogP contribution in [-0.2, 0) is 27.5 Å². The highest BCUT2D eigenvalue weighted by Gasteiger charge is 2.38. The van der Waals surface area contributed by atoms with E-state index in [1.807, 2.05) is 0 Å². The van der Waals surface area contributed by atoms with Crippen LogP contribution >= 0.6 is 22.9 Å². The van der Waals surface area contributed by atoms with E-state index in [0.29, 0.717) is 22.4 Å². The van der Waals surface area contributed by atoms with E-state index in [-0.39, 0.29) is 38.9 Å². The number of ether oxygens (including phenoxy) is 2. The Balaban J connectivity index is 0.000000782. The van der Waals surface area contributed by atoms with E-state index in [4.69, 9.17) is 42.4 Å². The molecule has 1 amide bonds. The SMILES string of the molecule is CC(C)[C@H](N)C(=O)OCc1ccc2sc(C(=O)O)c(COc3c(F)cc(C(N)=O)cc3F)c2c1Cl.O=C(O)C(F)(F)F. The van der Waals surface area contributed by atoms with Crippen LogP contribution in [0, 0.1) is 17.6 Å². The van der Waals surface area contributed by atoms with Gasteiger partial charge >= 0.3 is 24.1 Å². The van der Waals surface area contributed by atoms with E-state index < -0.39 is 60.0 Å². The zero-order chi connectivity index (χ0) is 32.1. The van der Waals surface area contributed by atoms with Crippen LogP contribution in [0.1, 0.15) is 45.0 Å². The summed E-state index contributed by atoms with van der Waals surface area (Å²) >= 11 is 7.42. The molecule has 2 aromatic carbocycles. The highest BCUT2D eigenvalue weighted by molar-refractivity contribution is 7.21. The normalized spacial score (nSPS) is 12.0. The minimum absolute atomic E-state index is 0.0762. The number of carboxylic acids is 2. The fourth-order valence-corrected chi connectivity index (χ4v) is 4.62. The lowest BCUT2D eigenvalue weighted by Crippen LogP contribution is -2.36. The van der Waals surface area contributed by atoms with Gasteiger partial charge in [-0.2, -0.15) is 13.2 Å². The second kappa shape index (κ2) is 13.8. The van der Waals surface area contributed by atoms with Crippen molar-refractivity contribution in [1.29, 1.82) is 0 Å². The molecule has 1 heterocycles. The Kier molecular flexibility index (Phi) is 11.2. The van der Waals surface area contributed by atoms with E-state index >= 15 is 0 Å². The molecule has 0 bridgehead atoms. The predicted molar refractivity (Wildman–Crippen MR) is 139 cm³/mol. The van der Waals surface area contributed by atoms with Crippen molar-refractivity contribution in [3.8, 4) is 5.75 Å². The van der Waals surface area contributed by atoms with Crippen molar-refractivity contribution in [3.63, 3.8) is 0 Å². The summed E-state index contributed by atoms with van der Waals surface area (Å²) in [4.78, 5) is 43.9. The summed E-state index contributed by atoms with van der Waals surface area (Å²) in [5.74, 6) is -9.02. The Hall–Kier alpha value is -4.02. The first-order chi connectivity index (χ1) is 19.4. The number of benzene rings is 2. The Morgan fingerprint density at radius 2 is 1.60 bits per heavy atom. The van der Waals surface area contributed by atoms with Crippen LogP contribution in [-0.4, -0.2) is 46.2 Å². The third-order valence-corrected chi connectivity index (χ3v) is 7.03. The van der Waals surface area contributed by atoms with Gasteiger partial charge in [0.1, 0.15) is 24.1 Å². The molecular formula is C25H22ClF5N2O8S. The zero-order valence-corrected chi connectivity index (χ0v) is 23.1. The van der Waals surface area contributed by atoms with Crippen LogP contribution in [0.4, 0.5) is 22.0 Å². The number of fused-ring (bicyclic) bond motifs is 1. The summed E-state index contributed by atoms with van der Waals surface area (Å²) < 4.78 is 71.4. The largest absolute Gasteiger partial charge is 0.490 e. The summed E-state index contributed by atoms with van der Waals surface area (Å²) in [5.41, 5.74) is 10.9. The van der Waals surface area contributed by atoms with Gasteiger partial charge in [0, 0.05) is 26.8 Å². The maximum Gasteiger partial charge on any atom is 0.490 e. The van der Waals surface area contributed by atoms with Crippen LogP contribution in [0.2, 0.25) is 5.02 Å². The monoisotopic (exact) mass is 640 g/mol. The van der Waals surface area contributed by atoms with Crippen molar-refractivity contribution in [3.05, 3.63) is 62.5 Å². The van der Waals surface area contributed by atoms with Crippen LogP contribution in [0.25, 0.3) is 10.1 Å². The number of carbonyl (C=O) groups is 4. The molecule has 0 saturated heterocycles. The standard InChI is InChI=1S/C23H21ClF2N2O6S.C2HF3O2/c1-9(2)18(27)23(32)34-7-10-3-4-15-16(17(10)24)12(20(35-15)22(30)31)8-33-19-13(25)5-11(21(28)29)6-14(19)26;3-2(4,5)1(6)7/h3-6,9,18H,7-8,27H2,1-2H3,(H2,28,29)(H,30,31);(H,6,7)/t18-;/m0./s1. The van der Waals surface area contributed by atoms with Gasteiger partial charge in [-0.25, -0.2) is 18.4 Å². The van der Waals surface area contributed by atoms with Gasteiger partial charge in [-0.3, -0.25) is 9.59 Å². The molecule has 0 aliphatic carbocycles. The fourth-order valence-electron chi connectivity index (χ4n) is 3.18. The number of aromatic carboxylic acids is 1. The van der Waals surface area contributed by atoms with E-state index in [9.17, 15) is 41.4 Å². The van der Waals surface area contributed by atoms with Crippen LogP contribution in [0.5, 0.6) is 5.75 Å². The summed E-state index contributed by atoms with van der Waals surface area (Å²) in [6, 6.07) is 3.77. The lowest BCUT2D eigenvalue weighted by molar-refractivity contribution is -0.192. The number of carboxylic acid groups (broad SMARTS) is 2. The van der Waals surface area contributed by atoms with Crippen LogP contribution in [0.15, 0.2) is 24.3 Å². The molecule has 0 fully saturated rings.